The predicted octanol–water partition coefficient (Wildman–Crippen LogP) is 2.67. The molecule has 0 radical (unpaired) electrons. The predicted molar refractivity (Wildman–Crippen MR) is 87.3 cm³/mol. The van der Waals surface area contributed by atoms with E-state index in [9.17, 15) is 4.79 Å². The Morgan fingerprint density at radius 1 is 1.24 bits per heavy atom. The summed E-state index contributed by atoms with van der Waals surface area (Å²) >= 11 is 0. The van der Waals surface area contributed by atoms with Crippen LogP contribution in [0.4, 0.5) is 0 Å². The SMILES string of the molecule is COC(=O)C(C)(CCN(CC(C)C)CC(C)C)NC1CC1. The maximum absolute atomic E-state index is 12.2. The zero-order chi connectivity index (χ0) is 16.0. The van der Waals surface area contributed by atoms with Gasteiger partial charge in [-0.3, -0.25) is 10.1 Å². The highest BCUT2D eigenvalue weighted by atomic mass is 16.5. The molecule has 1 aliphatic rings. The van der Waals surface area contributed by atoms with Crippen LogP contribution in [-0.4, -0.2) is 49.2 Å². The Kier molecular flexibility index (Phi) is 7.14. The van der Waals surface area contributed by atoms with Crippen LogP contribution in [0.1, 0.15) is 53.9 Å². The Hall–Kier alpha value is -0.610. The van der Waals surface area contributed by atoms with E-state index in [-0.39, 0.29) is 5.97 Å². The van der Waals surface area contributed by atoms with Crippen LogP contribution in [0.5, 0.6) is 0 Å². The van der Waals surface area contributed by atoms with Crippen molar-refractivity contribution in [1.82, 2.24) is 10.2 Å². The van der Waals surface area contributed by atoms with Crippen LogP contribution < -0.4 is 5.32 Å². The van der Waals surface area contributed by atoms with Gasteiger partial charge in [0, 0.05) is 25.7 Å². The topological polar surface area (TPSA) is 41.6 Å². The van der Waals surface area contributed by atoms with Gasteiger partial charge in [0.25, 0.3) is 0 Å². The molecule has 0 aromatic heterocycles. The van der Waals surface area contributed by atoms with Gasteiger partial charge in [0.05, 0.1) is 7.11 Å². The van der Waals surface area contributed by atoms with E-state index in [4.69, 9.17) is 4.74 Å². The zero-order valence-electron chi connectivity index (χ0n) is 14.7. The number of hydrogen-bond donors (Lipinski definition) is 1. The first-order valence-electron chi connectivity index (χ1n) is 8.35. The summed E-state index contributed by atoms with van der Waals surface area (Å²) in [6.07, 6.45) is 3.15. The van der Waals surface area contributed by atoms with Gasteiger partial charge in [-0.05, 0) is 38.0 Å². The molecule has 0 heterocycles. The number of ether oxygens (including phenoxy) is 1. The van der Waals surface area contributed by atoms with Gasteiger partial charge in [0.2, 0.25) is 0 Å². The highest BCUT2D eigenvalue weighted by molar-refractivity contribution is 5.80. The molecule has 0 saturated heterocycles. The van der Waals surface area contributed by atoms with Crippen LogP contribution in [0.3, 0.4) is 0 Å². The molecule has 0 bridgehead atoms. The lowest BCUT2D eigenvalue weighted by atomic mass is 9.96. The fraction of sp³-hybridized carbons (Fsp3) is 0.941. The molecule has 0 aliphatic heterocycles. The van der Waals surface area contributed by atoms with Gasteiger partial charge >= 0.3 is 5.97 Å². The van der Waals surface area contributed by atoms with E-state index < -0.39 is 5.54 Å². The molecule has 0 amide bonds. The third-order valence-corrected chi connectivity index (χ3v) is 3.91. The van der Waals surface area contributed by atoms with Crippen molar-refractivity contribution in [1.29, 1.82) is 0 Å². The maximum atomic E-state index is 12.2. The molecule has 1 fully saturated rings. The summed E-state index contributed by atoms with van der Waals surface area (Å²) in [6.45, 7) is 14.1. The van der Waals surface area contributed by atoms with Crippen LogP contribution >= 0.6 is 0 Å². The van der Waals surface area contributed by atoms with E-state index in [0.717, 1.165) is 26.1 Å². The molecule has 1 saturated carbocycles. The second-order valence-corrected chi connectivity index (χ2v) is 7.54. The standard InChI is InChI=1S/C17H34N2O2/c1-13(2)11-19(12-14(3)4)10-9-17(5,16(20)21-6)18-15-7-8-15/h13-15,18H,7-12H2,1-6H3. The Balaban J connectivity index is 2.60. The Bertz CT molecular complexity index is 317. The Morgan fingerprint density at radius 3 is 2.14 bits per heavy atom. The van der Waals surface area contributed by atoms with Crippen molar-refractivity contribution in [3.05, 3.63) is 0 Å². The molecule has 1 atom stereocenters. The minimum Gasteiger partial charge on any atom is -0.468 e. The first-order valence-corrected chi connectivity index (χ1v) is 8.35. The average Bonchev–Trinajstić information content (AvgIpc) is 3.17. The Labute approximate surface area is 130 Å². The molecule has 124 valence electrons. The van der Waals surface area contributed by atoms with Crippen molar-refractivity contribution in [2.45, 2.75) is 65.5 Å². The molecular weight excluding hydrogens is 264 g/mol. The monoisotopic (exact) mass is 298 g/mol. The maximum Gasteiger partial charge on any atom is 0.325 e. The summed E-state index contributed by atoms with van der Waals surface area (Å²) < 4.78 is 5.02. The average molecular weight is 298 g/mol. The third-order valence-electron chi connectivity index (χ3n) is 3.91. The van der Waals surface area contributed by atoms with Gasteiger partial charge in [-0.15, -0.1) is 0 Å². The molecule has 1 N–H and O–H groups in total. The number of hydrogen-bond acceptors (Lipinski definition) is 4. The minimum atomic E-state index is -0.553. The highest BCUT2D eigenvalue weighted by Gasteiger charge is 2.39. The molecular formula is C17H34N2O2. The summed E-state index contributed by atoms with van der Waals surface area (Å²) in [5.74, 6) is 1.15. The van der Waals surface area contributed by atoms with Gasteiger partial charge in [0.1, 0.15) is 5.54 Å². The van der Waals surface area contributed by atoms with Crippen molar-refractivity contribution in [3.8, 4) is 0 Å². The van der Waals surface area contributed by atoms with Gasteiger partial charge in [-0.2, -0.15) is 0 Å². The number of methoxy groups -OCH3 is 1. The van der Waals surface area contributed by atoms with Gasteiger partial charge in [-0.25, -0.2) is 0 Å². The van der Waals surface area contributed by atoms with E-state index in [1.165, 1.54) is 20.0 Å². The van der Waals surface area contributed by atoms with Crippen molar-refractivity contribution < 1.29 is 9.53 Å². The zero-order valence-corrected chi connectivity index (χ0v) is 14.7. The Morgan fingerprint density at radius 2 is 1.76 bits per heavy atom. The number of nitrogens with one attached hydrogen (secondary N) is 1. The second-order valence-electron chi connectivity index (χ2n) is 7.54. The number of carbonyl (C=O) groups is 1. The molecule has 1 rings (SSSR count). The summed E-state index contributed by atoms with van der Waals surface area (Å²) in [4.78, 5) is 14.6. The first kappa shape index (κ1) is 18.4. The van der Waals surface area contributed by atoms with Crippen molar-refractivity contribution in [3.63, 3.8) is 0 Å². The number of esters is 1. The van der Waals surface area contributed by atoms with Gasteiger partial charge in [0.15, 0.2) is 0 Å². The van der Waals surface area contributed by atoms with E-state index >= 15 is 0 Å². The molecule has 4 heteroatoms. The smallest absolute Gasteiger partial charge is 0.325 e. The lowest BCUT2D eigenvalue weighted by Gasteiger charge is -2.32. The van der Waals surface area contributed by atoms with E-state index in [0.29, 0.717) is 17.9 Å². The normalized spacial score (nSPS) is 18.3. The quantitative estimate of drug-likeness (QED) is 0.630. The van der Waals surface area contributed by atoms with Gasteiger partial charge in [-0.1, -0.05) is 27.7 Å². The van der Waals surface area contributed by atoms with Crippen LogP contribution in [0, 0.1) is 11.8 Å². The second kappa shape index (κ2) is 8.14. The number of carbonyl (C=O) groups excluding carboxylic acids is 1. The van der Waals surface area contributed by atoms with E-state index in [2.05, 4.69) is 37.9 Å². The molecule has 1 aliphatic carbocycles. The van der Waals surface area contributed by atoms with Crippen LogP contribution in [-0.2, 0) is 9.53 Å². The molecule has 1 unspecified atom stereocenters. The molecule has 21 heavy (non-hydrogen) atoms. The molecule has 0 spiro atoms. The summed E-state index contributed by atoms with van der Waals surface area (Å²) in [6, 6.07) is 0.498. The van der Waals surface area contributed by atoms with Crippen molar-refractivity contribution in [2.75, 3.05) is 26.7 Å². The number of nitrogens with zero attached hydrogens (tertiary/aromatic N) is 1. The highest BCUT2D eigenvalue weighted by Crippen LogP contribution is 2.25. The first-order chi connectivity index (χ1) is 9.76. The minimum absolute atomic E-state index is 0.136. The summed E-state index contributed by atoms with van der Waals surface area (Å²) in [7, 11) is 1.48. The summed E-state index contributed by atoms with van der Waals surface area (Å²) in [5, 5.41) is 3.48. The van der Waals surface area contributed by atoms with Crippen LogP contribution in [0.15, 0.2) is 0 Å². The fourth-order valence-corrected chi connectivity index (χ4v) is 2.81. The lowest BCUT2D eigenvalue weighted by Crippen LogP contribution is -2.53. The van der Waals surface area contributed by atoms with E-state index in [1.807, 2.05) is 6.92 Å². The van der Waals surface area contributed by atoms with Crippen LogP contribution in [0.2, 0.25) is 0 Å². The summed E-state index contributed by atoms with van der Waals surface area (Å²) in [5.41, 5.74) is -0.553. The van der Waals surface area contributed by atoms with Gasteiger partial charge < -0.3 is 9.64 Å². The lowest BCUT2D eigenvalue weighted by molar-refractivity contribution is -0.148. The molecule has 0 aromatic rings. The number of rotatable bonds is 10. The van der Waals surface area contributed by atoms with Crippen LogP contribution in [0.25, 0.3) is 0 Å². The van der Waals surface area contributed by atoms with E-state index in [1.54, 1.807) is 0 Å². The third kappa shape index (κ3) is 6.79. The van der Waals surface area contributed by atoms with Crippen molar-refractivity contribution in [2.24, 2.45) is 11.8 Å². The molecule has 4 nitrogen and oxygen atoms in total. The largest absolute Gasteiger partial charge is 0.468 e. The fourth-order valence-electron chi connectivity index (χ4n) is 2.81. The van der Waals surface area contributed by atoms with Crippen molar-refractivity contribution >= 4 is 5.97 Å². The molecule has 0 aromatic carbocycles.